The van der Waals surface area contributed by atoms with E-state index in [1.165, 1.54) is 111 Å². The molecule has 10 aliphatic heterocycles. The molecule has 20 rings (SSSR count). The zero-order valence-electron chi connectivity index (χ0n) is 77.6. The van der Waals surface area contributed by atoms with Gasteiger partial charge in [-0.1, -0.05) is 18.2 Å². The highest BCUT2D eigenvalue weighted by atomic mass is 16.6. The zero-order chi connectivity index (χ0) is 89.7. The van der Waals surface area contributed by atoms with Crippen molar-refractivity contribution in [2.45, 2.75) is 127 Å². The molecule has 0 bridgehead atoms. The van der Waals surface area contributed by atoms with Crippen molar-refractivity contribution in [3.63, 3.8) is 0 Å². The fourth-order valence-electron chi connectivity index (χ4n) is 21.3. The molecule has 0 spiro atoms. The molecule has 0 amide bonds. The van der Waals surface area contributed by atoms with Crippen LogP contribution in [0.3, 0.4) is 0 Å². The van der Waals surface area contributed by atoms with E-state index in [1.807, 2.05) is 12.1 Å². The maximum atomic E-state index is 5.72. The number of nitrogens with zero attached hydrogens (tertiary/aromatic N) is 5. The average Bonchev–Trinajstić information content (AvgIpc) is 0.753. The molecule has 128 heavy (non-hydrogen) atoms. The molecule has 10 aliphatic rings. The van der Waals surface area contributed by atoms with Gasteiger partial charge in [0, 0.05) is 118 Å². The van der Waals surface area contributed by atoms with E-state index in [2.05, 4.69) is 140 Å². The van der Waals surface area contributed by atoms with Gasteiger partial charge in [-0.15, -0.1) is 0 Å². The van der Waals surface area contributed by atoms with Crippen molar-refractivity contribution in [3.05, 3.63) is 239 Å². The summed E-state index contributed by atoms with van der Waals surface area (Å²) in [6.45, 7) is 9.67. The Morgan fingerprint density at radius 3 is 0.742 bits per heavy atom. The minimum Gasteiger partial charge on any atom is -0.497 e. The lowest BCUT2D eigenvalue weighted by molar-refractivity contribution is 0.156. The van der Waals surface area contributed by atoms with Crippen LogP contribution in [0.15, 0.2) is 127 Å². The number of fused-ring (bicyclic) bond motifs is 20. The van der Waals surface area contributed by atoms with Gasteiger partial charge in [0.25, 0.3) is 0 Å². The normalized spacial score (nSPS) is 18.5. The smallest absolute Gasteiger partial charge is 0.203 e. The first kappa shape index (κ1) is 89.6. The number of hydrogen-bond donors (Lipinski definition) is 0. The molecule has 10 heterocycles. The lowest BCUT2D eigenvalue weighted by Crippen LogP contribution is -2.39. The highest BCUT2D eigenvalue weighted by molar-refractivity contribution is 5.64. The molecule has 678 valence electrons. The van der Waals surface area contributed by atoms with Crippen molar-refractivity contribution in [2.75, 3.05) is 168 Å². The van der Waals surface area contributed by atoms with E-state index in [4.69, 9.17) is 90.0 Å². The topological polar surface area (TPSA) is 192 Å². The van der Waals surface area contributed by atoms with Crippen molar-refractivity contribution in [1.82, 2.24) is 24.5 Å². The SMILES string of the molecule is COc1cc2c(cc1OC)[C@@H]1Cc3c(OC)ccc(OC)c3CN1CC2.COc1cc2c(cc1OC)[C@@H]1Cc3cc(OC)c(OC)c(OC)c3CN1CC2.COc1ccc2c(c1)CCN1Cc3c(cc(OC)c(OC)c3OC)CC21.COc1ccc2c(c1)CCN1Cc3cc(OC)c(OC)cc3CC21.COc1ccc2c(c1)CCN1Cc3cc(OC)c(OC)cc3C[C@@H]21. The molecular weight excluding hydrogens is 1620 g/mol. The summed E-state index contributed by atoms with van der Waals surface area (Å²) in [5.74, 6) is 15.5. The van der Waals surface area contributed by atoms with Gasteiger partial charge in [0.2, 0.25) is 11.5 Å². The van der Waals surface area contributed by atoms with E-state index in [9.17, 15) is 0 Å². The molecule has 10 aromatic carbocycles. The summed E-state index contributed by atoms with van der Waals surface area (Å²) in [5, 5.41) is 0. The van der Waals surface area contributed by atoms with Crippen LogP contribution in [0.2, 0.25) is 0 Å². The van der Waals surface area contributed by atoms with Crippen LogP contribution in [-0.2, 0) is 96.9 Å². The lowest BCUT2D eigenvalue weighted by atomic mass is 9.83. The molecule has 0 fully saturated rings. The Balaban J connectivity index is 0.000000118. The van der Waals surface area contributed by atoms with Gasteiger partial charge in [-0.05, 0) is 262 Å². The van der Waals surface area contributed by atoms with E-state index in [-0.39, 0.29) is 0 Å². The first-order valence-corrected chi connectivity index (χ1v) is 44.0. The number of methoxy groups -OCH3 is 19. The third-order valence-electron chi connectivity index (χ3n) is 27.8. The van der Waals surface area contributed by atoms with Crippen LogP contribution in [0.4, 0.5) is 0 Å². The molecule has 24 nitrogen and oxygen atoms in total. The standard InChI is InChI=1S/C22H27NO5.2C21H25NO4.2C20H23NO3/c1-24-18-9-13-6-7-23-12-16-14(8-17(23)15(13)11-19(18)25-2)10-20(26-3)22(28-5)21(16)27-4;1-23-18-5-6-19(24-2)16-12-22-8-7-13-9-20(25-3)21(26-4)11-14(13)17(22)10-15(16)18;1-23-15-5-6-16-13(9-15)7-8-22-12-17-14(10-18(16)22)11-19(24-2)21(26-4)20(17)25-3;2*1-22-16-4-5-17-13(8-16)6-7-21-12-15-11-20(24-3)19(23-2)10-14(15)9-18(17)21/h9-11,17H,6-8,12H2,1-5H3;5-6,9,11,17H,7-8,10,12H2,1-4H3;5-6,9,11,18H,7-8,10,12H2,1-4H3;2*4-5,8,10-11,18H,6-7,9,12H2,1-3H3/t2*17-;;18-;/m00.0./s1. The third-order valence-corrected chi connectivity index (χ3v) is 27.8. The van der Waals surface area contributed by atoms with Gasteiger partial charge in [-0.3, -0.25) is 24.5 Å². The predicted molar refractivity (Wildman–Crippen MR) is 492 cm³/mol. The highest BCUT2D eigenvalue weighted by Crippen LogP contribution is 2.54. The van der Waals surface area contributed by atoms with Gasteiger partial charge < -0.3 is 90.0 Å². The molecule has 24 heteroatoms. The summed E-state index contributed by atoms with van der Waals surface area (Å²) in [5.41, 5.74) is 26.6. The Bertz CT molecular complexity index is 5570. The molecule has 0 saturated heterocycles. The van der Waals surface area contributed by atoms with Crippen molar-refractivity contribution >= 4 is 0 Å². The highest BCUT2D eigenvalue weighted by Gasteiger charge is 2.42. The van der Waals surface area contributed by atoms with Crippen LogP contribution in [0, 0.1) is 0 Å². The van der Waals surface area contributed by atoms with E-state index in [0.29, 0.717) is 47.5 Å². The largest absolute Gasteiger partial charge is 0.497 e. The lowest BCUT2D eigenvalue weighted by Gasteiger charge is -2.42. The van der Waals surface area contributed by atoms with Gasteiger partial charge in [-0.25, -0.2) is 0 Å². The van der Waals surface area contributed by atoms with Crippen LogP contribution in [-0.4, -0.2) is 192 Å². The van der Waals surface area contributed by atoms with Gasteiger partial charge in [-0.2, -0.15) is 0 Å². The molecule has 2 unspecified atom stereocenters. The average molecular weight is 1750 g/mol. The Morgan fingerprint density at radius 1 is 0.180 bits per heavy atom. The van der Waals surface area contributed by atoms with Gasteiger partial charge in [0.1, 0.15) is 28.7 Å². The first-order valence-electron chi connectivity index (χ1n) is 44.0. The van der Waals surface area contributed by atoms with Gasteiger partial charge >= 0.3 is 0 Å². The van der Waals surface area contributed by atoms with Crippen LogP contribution >= 0.6 is 0 Å². The van der Waals surface area contributed by atoms with Crippen molar-refractivity contribution in [2.24, 2.45) is 0 Å². The molecule has 0 aromatic heterocycles. The second kappa shape index (κ2) is 39.4. The summed E-state index contributed by atoms with van der Waals surface area (Å²) >= 11 is 0. The molecule has 10 aromatic rings. The first-order chi connectivity index (χ1) is 62.5. The minimum atomic E-state index is 0.291. The predicted octanol–water partition coefficient (Wildman–Crippen LogP) is 16.9. The van der Waals surface area contributed by atoms with Crippen molar-refractivity contribution in [3.8, 4) is 109 Å². The molecule has 0 radical (unpaired) electrons. The fourth-order valence-corrected chi connectivity index (χ4v) is 21.3. The van der Waals surface area contributed by atoms with Crippen LogP contribution < -0.4 is 90.0 Å². The zero-order valence-corrected chi connectivity index (χ0v) is 77.6. The monoisotopic (exact) mass is 1750 g/mol. The Kier molecular flexibility index (Phi) is 27.6. The fraction of sp³-hybridized carbons (Fsp3) is 0.423. The van der Waals surface area contributed by atoms with Crippen molar-refractivity contribution < 1.29 is 90.0 Å². The van der Waals surface area contributed by atoms with Gasteiger partial charge in [0.05, 0.1) is 135 Å². The third kappa shape index (κ3) is 17.3. The Morgan fingerprint density at radius 2 is 0.430 bits per heavy atom. The number of benzene rings is 10. The number of rotatable bonds is 19. The van der Waals surface area contributed by atoms with E-state index in [1.54, 1.807) is 135 Å². The van der Waals surface area contributed by atoms with E-state index in [0.717, 1.165) is 222 Å². The second-order valence-corrected chi connectivity index (χ2v) is 33.7. The Labute approximate surface area is 753 Å². The van der Waals surface area contributed by atoms with Crippen LogP contribution in [0.1, 0.15) is 141 Å². The summed E-state index contributed by atoms with van der Waals surface area (Å²) in [6, 6.07) is 46.6. The quantitative estimate of drug-likeness (QED) is 0.0741. The summed E-state index contributed by atoms with van der Waals surface area (Å²) in [4.78, 5) is 12.7. The molecular formula is C104H123N5O19. The summed E-state index contributed by atoms with van der Waals surface area (Å²) < 4.78 is 105. The molecule has 0 aliphatic carbocycles. The molecule has 0 saturated carbocycles. The minimum absolute atomic E-state index is 0.291. The number of hydrogen-bond acceptors (Lipinski definition) is 24. The van der Waals surface area contributed by atoms with Crippen molar-refractivity contribution in [1.29, 1.82) is 0 Å². The van der Waals surface area contributed by atoms with Gasteiger partial charge in [0.15, 0.2) is 69.0 Å². The van der Waals surface area contributed by atoms with E-state index >= 15 is 0 Å². The summed E-state index contributed by atoms with van der Waals surface area (Å²) in [7, 11) is 32.2. The van der Waals surface area contributed by atoms with Crippen LogP contribution in [0.25, 0.3) is 0 Å². The maximum absolute atomic E-state index is 5.72. The molecule has 5 atom stereocenters. The number of ether oxygens (including phenoxy) is 19. The van der Waals surface area contributed by atoms with E-state index < -0.39 is 0 Å². The molecule has 0 N–H and O–H groups in total. The van der Waals surface area contributed by atoms with Crippen LogP contribution in [0.5, 0.6) is 109 Å². The maximum Gasteiger partial charge on any atom is 0.203 e. The summed E-state index contributed by atoms with van der Waals surface area (Å²) in [6.07, 6.45) is 9.92. The second-order valence-electron chi connectivity index (χ2n) is 33.7. The Hall–Kier alpha value is -11.8.